The van der Waals surface area contributed by atoms with Crippen molar-refractivity contribution in [2.45, 2.75) is 56.0 Å². The van der Waals surface area contributed by atoms with Gasteiger partial charge in [-0.2, -0.15) is 132 Å². The Kier molecular flexibility index (Phi) is 16.3. The Labute approximate surface area is 445 Å². The van der Waals surface area contributed by atoms with Crippen LogP contribution in [0.5, 0.6) is 0 Å². The molecule has 0 fully saturated rings. The predicted octanol–water partition coefficient (Wildman–Crippen LogP) is 15.9. The SMILES string of the molecule is FC(F)(F)c1cc([B-](c2cc(C(F)(F)F)cc(C(F)(F)F)c2)(c2cc(C(F)(F)F)cc(C(F)(F)F)c2)c2cc(C(F)(F)F)cc(C(F)(F)F)c2)cc(C(F)(F)F)c1.O=C(C[n+]1ccc(-c2ccc3ccccc3c2)cc1)c1ccccc1. The summed E-state index contributed by atoms with van der Waals surface area (Å²) >= 11 is 0. The molecule has 0 aliphatic heterocycles. The summed E-state index contributed by atoms with van der Waals surface area (Å²) in [5, 5.41) is 2.47. The summed E-state index contributed by atoms with van der Waals surface area (Å²) < 4.78 is 343. The standard InChI is InChI=1S/C32H12BF24.C23H18NO/c34-25(35,36)13-1-14(26(37,38)39)6-21(5-13)33(22-7-15(27(40,41)42)2-16(8-22)28(43,44)45,23-9-17(29(46,47)48)3-18(10-23)30(49,50)51)24-11-19(31(52,53)54)4-20(12-24)32(55,56)57;25-23(20-7-2-1-3-8-20)17-24-14-12-19(13-15-24)22-11-10-18-6-4-5-9-21(18)16-22/h1-12H;1-16H,17H2/q-1;+1. The van der Waals surface area contributed by atoms with E-state index < -0.39 is 195 Å². The first-order valence-electron chi connectivity index (χ1n) is 23.0. The van der Waals surface area contributed by atoms with E-state index in [9.17, 15) is 110 Å². The fourth-order valence-electron chi connectivity index (χ4n) is 9.08. The maximum Gasteiger partial charge on any atom is 0.416 e. The Morgan fingerprint density at radius 1 is 0.305 bits per heavy atom. The van der Waals surface area contributed by atoms with Gasteiger partial charge < -0.3 is 0 Å². The van der Waals surface area contributed by atoms with E-state index in [0.717, 1.165) is 11.1 Å². The number of ketones is 1. The largest absolute Gasteiger partial charge is 0.416 e. The second-order valence-electron chi connectivity index (χ2n) is 18.3. The van der Waals surface area contributed by atoms with Gasteiger partial charge in [0.15, 0.2) is 12.4 Å². The molecule has 0 radical (unpaired) electrons. The Hall–Kier alpha value is -8.00. The number of hydrogen-bond donors (Lipinski definition) is 0. The lowest BCUT2D eigenvalue weighted by Gasteiger charge is -2.46. The minimum absolute atomic E-state index is 0.115. The number of Topliss-reactive ketones (excluding diaryl/α,β-unsaturated/α-hetero) is 1. The number of alkyl halides is 24. The molecule has 0 spiro atoms. The lowest BCUT2D eigenvalue weighted by atomic mass is 9.12. The van der Waals surface area contributed by atoms with Crippen molar-refractivity contribution in [3.8, 4) is 11.1 Å². The number of carbonyl (C=O) groups excluding carboxylic acids is 1. The van der Waals surface area contributed by atoms with Crippen LogP contribution in [-0.4, -0.2) is 11.9 Å². The summed E-state index contributed by atoms with van der Waals surface area (Å²) in [6.45, 7) is 0.349. The lowest BCUT2D eigenvalue weighted by molar-refractivity contribution is -0.683. The number of rotatable bonds is 8. The zero-order chi connectivity index (χ0) is 61.0. The highest BCUT2D eigenvalue weighted by atomic mass is 19.4. The molecule has 0 saturated heterocycles. The second-order valence-corrected chi connectivity index (χ2v) is 18.3. The zero-order valence-electron chi connectivity index (χ0n) is 40.4. The van der Waals surface area contributed by atoms with Gasteiger partial charge in [0.05, 0.1) is 44.5 Å². The Morgan fingerprint density at radius 2 is 0.585 bits per heavy atom. The van der Waals surface area contributed by atoms with Crippen molar-refractivity contribution in [1.82, 2.24) is 0 Å². The summed E-state index contributed by atoms with van der Waals surface area (Å²) in [6.07, 6.45) is -50.9. The van der Waals surface area contributed by atoms with E-state index in [4.69, 9.17) is 0 Å². The van der Waals surface area contributed by atoms with Crippen molar-refractivity contribution in [3.05, 3.63) is 220 Å². The molecule has 0 bridgehead atoms. The van der Waals surface area contributed by atoms with Crippen LogP contribution < -0.4 is 26.4 Å². The van der Waals surface area contributed by atoms with Crippen LogP contribution in [0.15, 0.2) is 170 Å². The van der Waals surface area contributed by atoms with E-state index in [0.29, 0.717) is 6.54 Å². The molecule has 0 amide bonds. The van der Waals surface area contributed by atoms with Crippen molar-refractivity contribution in [2.24, 2.45) is 0 Å². The third-order valence-corrected chi connectivity index (χ3v) is 12.8. The number of halogens is 24. The molecule has 0 unspecified atom stereocenters. The molecule has 1 aromatic heterocycles. The summed E-state index contributed by atoms with van der Waals surface area (Å²) in [5.74, 6) is 0.115. The fraction of sp³-hybridized carbons (Fsp3) is 0.164. The first-order chi connectivity index (χ1) is 37.6. The highest BCUT2D eigenvalue weighted by molar-refractivity contribution is 7.20. The molecule has 1 heterocycles. The fourth-order valence-corrected chi connectivity index (χ4v) is 9.08. The average Bonchev–Trinajstić information content (AvgIpc) is 1.76. The third-order valence-electron chi connectivity index (χ3n) is 12.8. The number of fused-ring (bicyclic) bond motifs is 1. The van der Waals surface area contributed by atoms with Gasteiger partial charge in [0.25, 0.3) is 0 Å². The van der Waals surface area contributed by atoms with Crippen LogP contribution >= 0.6 is 0 Å². The maximum absolute atomic E-state index is 14.2. The molecule has 27 heteroatoms. The molecule has 2 nitrogen and oxygen atoms in total. The third kappa shape index (κ3) is 13.8. The van der Waals surface area contributed by atoms with E-state index in [-0.39, 0.29) is 5.78 Å². The van der Waals surface area contributed by atoms with Gasteiger partial charge in [0.1, 0.15) is 6.15 Å². The molecule has 0 aliphatic rings. The van der Waals surface area contributed by atoms with Crippen LogP contribution in [0.4, 0.5) is 105 Å². The van der Waals surface area contributed by atoms with Gasteiger partial charge in [-0.05, 0) is 52.2 Å². The minimum atomic E-state index is -6.13. The molecule has 0 atom stereocenters. The van der Waals surface area contributed by atoms with E-state index in [2.05, 4.69) is 54.6 Å². The number of benzene rings is 7. The summed E-state index contributed by atoms with van der Waals surface area (Å²) in [6, 6.07) is 19.5. The van der Waals surface area contributed by atoms with Gasteiger partial charge in [0.2, 0.25) is 12.3 Å². The molecule has 8 rings (SSSR count). The monoisotopic (exact) mass is 1190 g/mol. The average molecular weight is 1190 g/mol. The molecule has 8 aromatic rings. The quantitative estimate of drug-likeness (QED) is 0.0643. The van der Waals surface area contributed by atoms with E-state index in [1.54, 1.807) is 0 Å². The van der Waals surface area contributed by atoms with Crippen molar-refractivity contribution in [3.63, 3.8) is 0 Å². The van der Waals surface area contributed by atoms with Gasteiger partial charge in [-0.3, -0.25) is 4.79 Å². The molecule has 432 valence electrons. The minimum Gasteiger partial charge on any atom is -0.287 e. The number of carbonyl (C=O) groups is 1. The predicted molar refractivity (Wildman–Crippen MR) is 250 cm³/mol. The topological polar surface area (TPSA) is 20.9 Å². The van der Waals surface area contributed by atoms with Crippen LogP contribution in [0.25, 0.3) is 21.9 Å². The number of pyridine rings is 1. The van der Waals surface area contributed by atoms with Gasteiger partial charge >= 0.3 is 49.4 Å². The molecule has 7 aromatic carbocycles. The molecule has 0 N–H and O–H groups in total. The normalized spacial score (nSPS) is 13.2. The highest BCUT2D eigenvalue weighted by Gasteiger charge is 2.47. The molecule has 82 heavy (non-hydrogen) atoms. The van der Waals surface area contributed by atoms with Crippen LogP contribution in [0.1, 0.15) is 54.9 Å². The van der Waals surface area contributed by atoms with Crippen LogP contribution in [0, 0.1) is 0 Å². The van der Waals surface area contributed by atoms with Crippen molar-refractivity contribution >= 4 is 44.6 Å². The maximum atomic E-state index is 14.2. The van der Waals surface area contributed by atoms with Crippen molar-refractivity contribution in [1.29, 1.82) is 0 Å². The van der Waals surface area contributed by atoms with Gasteiger partial charge in [-0.15, -0.1) is 0 Å². The van der Waals surface area contributed by atoms with Gasteiger partial charge in [-0.1, -0.05) is 115 Å². The second kappa shape index (κ2) is 21.7. The van der Waals surface area contributed by atoms with Crippen LogP contribution in [0.3, 0.4) is 0 Å². The van der Waals surface area contributed by atoms with Gasteiger partial charge in [0, 0.05) is 17.7 Å². The number of hydrogen-bond acceptors (Lipinski definition) is 1. The molecule has 0 aliphatic carbocycles. The smallest absolute Gasteiger partial charge is 0.287 e. The van der Waals surface area contributed by atoms with E-state index in [1.165, 1.54) is 16.3 Å². The number of nitrogens with zero attached hydrogens (tertiary/aromatic N) is 1. The first-order valence-corrected chi connectivity index (χ1v) is 23.0. The van der Waals surface area contributed by atoms with Gasteiger partial charge in [-0.25, -0.2) is 0 Å². The molecular formula is C55H30BF24NO. The Balaban J connectivity index is 0.000000318. The number of aromatic nitrogens is 1. The first kappa shape index (κ1) is 61.6. The van der Waals surface area contributed by atoms with E-state index in [1.807, 2.05) is 47.3 Å². The lowest BCUT2D eigenvalue weighted by Crippen LogP contribution is -2.75. The Morgan fingerprint density at radius 3 is 0.878 bits per heavy atom. The van der Waals surface area contributed by atoms with E-state index >= 15 is 0 Å². The highest BCUT2D eigenvalue weighted by Crippen LogP contribution is 2.42. The van der Waals surface area contributed by atoms with Crippen molar-refractivity contribution < 1.29 is 115 Å². The molecule has 0 saturated carbocycles. The summed E-state index contributed by atoms with van der Waals surface area (Å²) in [4.78, 5) is 12.3. The summed E-state index contributed by atoms with van der Waals surface area (Å²) in [7, 11) is 0. The molecular weight excluding hydrogens is 1160 g/mol. The van der Waals surface area contributed by atoms with Crippen LogP contribution in [0.2, 0.25) is 0 Å². The zero-order valence-corrected chi connectivity index (χ0v) is 40.4. The summed E-state index contributed by atoms with van der Waals surface area (Å²) in [5.41, 5.74) is -27.1. The Bertz CT molecular complexity index is 3190. The van der Waals surface area contributed by atoms with Crippen molar-refractivity contribution in [2.75, 3.05) is 0 Å². The van der Waals surface area contributed by atoms with Crippen LogP contribution in [-0.2, 0) is 56.0 Å².